The Morgan fingerprint density at radius 1 is 1.42 bits per heavy atom. The molecule has 19 heavy (non-hydrogen) atoms. The zero-order valence-corrected chi connectivity index (χ0v) is 13.0. The Labute approximate surface area is 116 Å². The minimum atomic E-state index is -3.14. The molecule has 1 heterocycles. The Hall–Kier alpha value is -0.620. The van der Waals surface area contributed by atoms with Gasteiger partial charge in [0, 0.05) is 26.1 Å². The van der Waals surface area contributed by atoms with Gasteiger partial charge in [0.05, 0.1) is 6.26 Å². The summed E-state index contributed by atoms with van der Waals surface area (Å²) in [5.74, 6) is 0.987. The van der Waals surface area contributed by atoms with Crippen LogP contribution < -0.4 is 4.72 Å². The number of nitrogens with zero attached hydrogens (tertiary/aromatic N) is 1. The quantitative estimate of drug-likeness (QED) is 0.799. The standard InChI is InChI=1S/C13H26N2O3S/c1-11(2)6-7-13(16)15-8-4-5-12(10-15)9-14-19(3,17)18/h11-12,14H,4-10H2,1-3H3. The predicted octanol–water partition coefficient (Wildman–Crippen LogP) is 1.21. The molecule has 1 amide bonds. The molecular formula is C13H26N2O3S. The Kier molecular flexibility index (Phi) is 6.26. The lowest BCUT2D eigenvalue weighted by Crippen LogP contribution is -2.43. The molecule has 0 radical (unpaired) electrons. The highest BCUT2D eigenvalue weighted by atomic mass is 32.2. The summed E-state index contributed by atoms with van der Waals surface area (Å²) < 4.78 is 24.7. The van der Waals surface area contributed by atoms with Gasteiger partial charge in [0.2, 0.25) is 15.9 Å². The maximum Gasteiger partial charge on any atom is 0.222 e. The van der Waals surface area contributed by atoms with E-state index in [4.69, 9.17) is 0 Å². The van der Waals surface area contributed by atoms with Crippen LogP contribution in [0.1, 0.15) is 39.5 Å². The number of amides is 1. The van der Waals surface area contributed by atoms with Gasteiger partial charge in [0.25, 0.3) is 0 Å². The molecule has 0 saturated carbocycles. The zero-order chi connectivity index (χ0) is 14.5. The maximum atomic E-state index is 12.0. The third-order valence-electron chi connectivity index (χ3n) is 3.44. The van der Waals surface area contributed by atoms with E-state index in [1.807, 2.05) is 4.90 Å². The first-order valence-corrected chi connectivity index (χ1v) is 8.89. The maximum absolute atomic E-state index is 12.0. The molecule has 0 aliphatic carbocycles. The number of sulfonamides is 1. The van der Waals surface area contributed by atoms with Gasteiger partial charge in [-0.25, -0.2) is 13.1 Å². The fraction of sp³-hybridized carbons (Fsp3) is 0.923. The second kappa shape index (κ2) is 7.24. The van der Waals surface area contributed by atoms with Gasteiger partial charge in [-0.05, 0) is 31.1 Å². The molecule has 1 aliphatic heterocycles. The average Bonchev–Trinajstić information content (AvgIpc) is 2.33. The van der Waals surface area contributed by atoms with Crippen molar-refractivity contribution in [1.29, 1.82) is 0 Å². The van der Waals surface area contributed by atoms with Crippen molar-refractivity contribution >= 4 is 15.9 Å². The predicted molar refractivity (Wildman–Crippen MR) is 76.2 cm³/mol. The van der Waals surface area contributed by atoms with Gasteiger partial charge in [-0.3, -0.25) is 4.79 Å². The van der Waals surface area contributed by atoms with E-state index in [9.17, 15) is 13.2 Å². The van der Waals surface area contributed by atoms with Crippen LogP contribution in [0.15, 0.2) is 0 Å². The number of carbonyl (C=O) groups is 1. The third-order valence-corrected chi connectivity index (χ3v) is 4.13. The van der Waals surface area contributed by atoms with E-state index in [2.05, 4.69) is 18.6 Å². The first-order valence-electron chi connectivity index (χ1n) is 7.00. The van der Waals surface area contributed by atoms with Crippen molar-refractivity contribution in [1.82, 2.24) is 9.62 Å². The Morgan fingerprint density at radius 2 is 2.11 bits per heavy atom. The van der Waals surface area contributed by atoms with E-state index in [1.165, 1.54) is 6.26 Å². The number of piperidine rings is 1. The number of nitrogens with one attached hydrogen (secondary N) is 1. The lowest BCUT2D eigenvalue weighted by molar-refractivity contribution is -0.133. The number of hydrogen-bond donors (Lipinski definition) is 1. The highest BCUT2D eigenvalue weighted by Crippen LogP contribution is 2.18. The minimum Gasteiger partial charge on any atom is -0.342 e. The van der Waals surface area contributed by atoms with Crippen LogP contribution in [0, 0.1) is 11.8 Å². The number of hydrogen-bond acceptors (Lipinski definition) is 3. The van der Waals surface area contributed by atoms with Crippen molar-refractivity contribution < 1.29 is 13.2 Å². The van der Waals surface area contributed by atoms with Crippen molar-refractivity contribution in [2.75, 3.05) is 25.9 Å². The molecule has 0 spiro atoms. The summed E-state index contributed by atoms with van der Waals surface area (Å²) in [6, 6.07) is 0. The van der Waals surface area contributed by atoms with Crippen LogP contribution in [0.3, 0.4) is 0 Å². The molecule has 1 aliphatic rings. The van der Waals surface area contributed by atoms with E-state index >= 15 is 0 Å². The van der Waals surface area contributed by atoms with Crippen molar-refractivity contribution in [2.45, 2.75) is 39.5 Å². The van der Waals surface area contributed by atoms with Crippen molar-refractivity contribution in [3.8, 4) is 0 Å². The van der Waals surface area contributed by atoms with Crippen LogP contribution >= 0.6 is 0 Å². The van der Waals surface area contributed by atoms with Gasteiger partial charge in [0.15, 0.2) is 0 Å². The number of carbonyl (C=O) groups excluding carboxylic acids is 1. The molecular weight excluding hydrogens is 264 g/mol. The molecule has 5 nitrogen and oxygen atoms in total. The average molecular weight is 290 g/mol. The van der Waals surface area contributed by atoms with Gasteiger partial charge >= 0.3 is 0 Å². The molecule has 1 unspecified atom stereocenters. The van der Waals surface area contributed by atoms with Crippen LogP contribution in [-0.2, 0) is 14.8 Å². The highest BCUT2D eigenvalue weighted by Gasteiger charge is 2.23. The number of rotatable bonds is 6. The normalized spacial score (nSPS) is 20.8. The topological polar surface area (TPSA) is 66.5 Å². The lowest BCUT2D eigenvalue weighted by atomic mass is 9.97. The molecule has 0 bridgehead atoms. The van der Waals surface area contributed by atoms with Crippen LogP contribution in [0.2, 0.25) is 0 Å². The molecule has 1 fully saturated rings. The van der Waals surface area contributed by atoms with Gasteiger partial charge < -0.3 is 4.90 Å². The molecule has 0 aromatic heterocycles. The molecule has 112 valence electrons. The summed E-state index contributed by atoms with van der Waals surface area (Å²) in [7, 11) is -3.14. The van der Waals surface area contributed by atoms with Gasteiger partial charge in [-0.2, -0.15) is 0 Å². The van der Waals surface area contributed by atoms with Crippen molar-refractivity contribution in [3.63, 3.8) is 0 Å². The molecule has 1 rings (SSSR count). The van der Waals surface area contributed by atoms with Crippen LogP contribution in [-0.4, -0.2) is 45.1 Å². The van der Waals surface area contributed by atoms with Crippen molar-refractivity contribution in [2.24, 2.45) is 11.8 Å². The summed E-state index contributed by atoms with van der Waals surface area (Å²) in [6.45, 7) is 6.16. The molecule has 1 N–H and O–H groups in total. The van der Waals surface area contributed by atoms with E-state index in [0.717, 1.165) is 25.8 Å². The molecule has 1 atom stereocenters. The van der Waals surface area contributed by atoms with Gasteiger partial charge in [-0.1, -0.05) is 13.8 Å². The monoisotopic (exact) mass is 290 g/mol. The summed E-state index contributed by atoms with van der Waals surface area (Å²) in [6.07, 6.45) is 4.63. The van der Waals surface area contributed by atoms with Gasteiger partial charge in [-0.15, -0.1) is 0 Å². The second-order valence-corrected chi connectivity index (χ2v) is 7.73. The minimum absolute atomic E-state index is 0.206. The summed E-state index contributed by atoms with van der Waals surface area (Å²) in [5.41, 5.74) is 0. The first kappa shape index (κ1) is 16.4. The zero-order valence-electron chi connectivity index (χ0n) is 12.2. The van der Waals surface area contributed by atoms with E-state index in [-0.39, 0.29) is 11.8 Å². The highest BCUT2D eigenvalue weighted by molar-refractivity contribution is 7.88. The van der Waals surface area contributed by atoms with E-state index in [0.29, 0.717) is 25.4 Å². The van der Waals surface area contributed by atoms with Crippen LogP contribution in [0.4, 0.5) is 0 Å². The first-order chi connectivity index (χ1) is 8.78. The third kappa shape index (κ3) is 6.92. The van der Waals surface area contributed by atoms with Crippen LogP contribution in [0.5, 0.6) is 0 Å². The Bertz CT molecular complexity index is 393. The SMILES string of the molecule is CC(C)CCC(=O)N1CCCC(CNS(C)(=O)=O)C1. The largest absolute Gasteiger partial charge is 0.342 e. The van der Waals surface area contributed by atoms with Gasteiger partial charge in [0.1, 0.15) is 0 Å². The molecule has 6 heteroatoms. The number of likely N-dealkylation sites (tertiary alicyclic amines) is 1. The summed E-state index contributed by atoms with van der Waals surface area (Å²) in [5, 5.41) is 0. The summed E-state index contributed by atoms with van der Waals surface area (Å²) in [4.78, 5) is 13.9. The molecule has 1 saturated heterocycles. The molecule has 0 aromatic carbocycles. The Morgan fingerprint density at radius 3 is 2.68 bits per heavy atom. The Balaban J connectivity index is 2.39. The van der Waals surface area contributed by atoms with E-state index in [1.54, 1.807) is 0 Å². The smallest absolute Gasteiger partial charge is 0.222 e. The summed E-state index contributed by atoms with van der Waals surface area (Å²) >= 11 is 0. The van der Waals surface area contributed by atoms with Crippen molar-refractivity contribution in [3.05, 3.63) is 0 Å². The molecule has 0 aromatic rings. The van der Waals surface area contributed by atoms with E-state index < -0.39 is 10.0 Å². The fourth-order valence-corrected chi connectivity index (χ4v) is 2.84. The lowest BCUT2D eigenvalue weighted by Gasteiger charge is -2.33. The van der Waals surface area contributed by atoms with Crippen LogP contribution in [0.25, 0.3) is 0 Å². The second-order valence-electron chi connectivity index (χ2n) is 5.90. The fourth-order valence-electron chi connectivity index (χ4n) is 2.30.